The highest BCUT2D eigenvalue weighted by Crippen LogP contribution is 2.39. The Kier molecular flexibility index (Phi) is 9.20. The molecule has 1 atom stereocenters. The number of benzene rings is 2. The first-order valence-corrected chi connectivity index (χ1v) is 13.4. The number of likely N-dealkylation sites (N-methyl/N-ethyl adjacent to an activating group) is 1. The second-order valence-electron chi connectivity index (χ2n) is 8.89. The quantitative estimate of drug-likeness (QED) is 0.347. The molecule has 0 spiro atoms. The topological polar surface area (TPSA) is 133 Å². The van der Waals surface area contributed by atoms with Crippen molar-refractivity contribution in [2.45, 2.75) is 40.7 Å². The summed E-state index contributed by atoms with van der Waals surface area (Å²) in [7, 11) is 0. The molecule has 1 aliphatic rings. The van der Waals surface area contributed by atoms with E-state index in [-0.39, 0.29) is 18.4 Å². The first-order valence-electron chi connectivity index (χ1n) is 13.4. The first kappa shape index (κ1) is 28.4. The Morgan fingerprint density at radius 1 is 0.975 bits per heavy atom. The highest BCUT2D eigenvalue weighted by atomic mass is 16.5. The van der Waals surface area contributed by atoms with E-state index in [0.29, 0.717) is 72.0 Å². The molecular formula is C28H35N7O5. The molecular weight excluding hydrogens is 514 g/mol. The molecule has 1 unspecified atom stereocenters. The molecule has 0 radical (unpaired) electrons. The molecule has 0 saturated carbocycles. The molecule has 0 fully saturated rings. The Morgan fingerprint density at radius 2 is 1.70 bits per heavy atom. The summed E-state index contributed by atoms with van der Waals surface area (Å²) in [5, 5.41) is 18.1. The fraction of sp³-hybridized carbons (Fsp3) is 0.393. The standard InChI is InChI=1S/C28H35N7O5/c1-6-34(7-2)24(36)17-40-22-15-14-19(16-23(22)39-9-4)26-25(18(5)29-28-31-32-33-35(26)28)27(37)30-20-12-10-11-13-21(20)38-8-3/h10-16,26H,6-9,17H2,1-5H3,(H,30,37)(H,29,31,33). The third-order valence-corrected chi connectivity index (χ3v) is 6.44. The Balaban J connectivity index is 1.68. The van der Waals surface area contributed by atoms with Crippen LogP contribution in [0.2, 0.25) is 0 Å². The molecule has 4 rings (SSSR count). The Labute approximate surface area is 233 Å². The van der Waals surface area contributed by atoms with E-state index in [0.717, 1.165) is 0 Å². The molecule has 12 nitrogen and oxygen atoms in total. The van der Waals surface area contributed by atoms with E-state index in [2.05, 4.69) is 26.2 Å². The van der Waals surface area contributed by atoms with Crippen LogP contribution in [0.15, 0.2) is 53.7 Å². The highest BCUT2D eigenvalue weighted by Gasteiger charge is 2.35. The van der Waals surface area contributed by atoms with Crippen LogP contribution in [-0.4, -0.2) is 69.8 Å². The maximum Gasteiger partial charge on any atom is 0.260 e. The average Bonchev–Trinajstić information content (AvgIpc) is 3.41. The van der Waals surface area contributed by atoms with E-state index in [1.54, 1.807) is 40.8 Å². The normalized spacial score (nSPS) is 14.2. The van der Waals surface area contributed by atoms with Gasteiger partial charge in [-0.15, -0.1) is 0 Å². The second-order valence-corrected chi connectivity index (χ2v) is 8.89. The minimum Gasteiger partial charge on any atom is -0.492 e. The number of anilines is 2. The Bertz CT molecular complexity index is 1380. The van der Waals surface area contributed by atoms with E-state index in [4.69, 9.17) is 14.2 Å². The molecule has 2 heterocycles. The number of amides is 2. The van der Waals surface area contributed by atoms with Crippen LogP contribution in [0.4, 0.5) is 11.6 Å². The fourth-order valence-corrected chi connectivity index (χ4v) is 4.54. The van der Waals surface area contributed by atoms with Crippen molar-refractivity contribution in [1.82, 2.24) is 25.1 Å². The summed E-state index contributed by atoms with van der Waals surface area (Å²) in [4.78, 5) is 28.0. The molecule has 12 heteroatoms. The Hall–Kier alpha value is -4.61. The van der Waals surface area contributed by atoms with Gasteiger partial charge in [-0.2, -0.15) is 4.68 Å². The average molecular weight is 550 g/mol. The van der Waals surface area contributed by atoms with Gasteiger partial charge in [0.05, 0.1) is 24.5 Å². The van der Waals surface area contributed by atoms with Crippen molar-refractivity contribution >= 4 is 23.5 Å². The lowest BCUT2D eigenvalue weighted by molar-refractivity contribution is -0.133. The number of nitrogens with zero attached hydrogens (tertiary/aromatic N) is 5. The molecule has 2 aromatic carbocycles. The summed E-state index contributed by atoms with van der Waals surface area (Å²) in [6.07, 6.45) is 0. The van der Waals surface area contributed by atoms with Crippen LogP contribution in [0, 0.1) is 0 Å². The molecule has 2 N–H and O–H groups in total. The van der Waals surface area contributed by atoms with Gasteiger partial charge >= 0.3 is 0 Å². The lowest BCUT2D eigenvalue weighted by Gasteiger charge is -2.28. The summed E-state index contributed by atoms with van der Waals surface area (Å²) in [6.45, 7) is 11.3. The number of hydrogen-bond donors (Lipinski definition) is 2. The number of ether oxygens (including phenoxy) is 3. The predicted molar refractivity (Wildman–Crippen MR) is 150 cm³/mol. The largest absolute Gasteiger partial charge is 0.492 e. The number of carbonyl (C=O) groups excluding carboxylic acids is 2. The van der Waals surface area contributed by atoms with Crippen LogP contribution in [0.5, 0.6) is 17.2 Å². The summed E-state index contributed by atoms with van der Waals surface area (Å²) in [5.41, 5.74) is 2.26. The lowest BCUT2D eigenvalue weighted by atomic mass is 9.94. The van der Waals surface area contributed by atoms with Gasteiger partial charge < -0.3 is 29.7 Å². The maximum atomic E-state index is 13.8. The van der Waals surface area contributed by atoms with Gasteiger partial charge in [-0.25, -0.2) is 0 Å². The van der Waals surface area contributed by atoms with Crippen molar-refractivity contribution in [3.8, 4) is 17.2 Å². The number of fused-ring (bicyclic) bond motifs is 1. The van der Waals surface area contributed by atoms with Crippen LogP contribution in [0.3, 0.4) is 0 Å². The summed E-state index contributed by atoms with van der Waals surface area (Å²) < 4.78 is 19.0. The van der Waals surface area contributed by atoms with Crippen LogP contribution < -0.4 is 24.8 Å². The van der Waals surface area contributed by atoms with Crippen molar-refractivity contribution < 1.29 is 23.8 Å². The molecule has 2 amide bonds. The van der Waals surface area contributed by atoms with Crippen LogP contribution in [0.1, 0.15) is 46.2 Å². The number of allylic oxidation sites excluding steroid dienone is 1. The molecule has 40 heavy (non-hydrogen) atoms. The molecule has 1 aromatic heterocycles. The third kappa shape index (κ3) is 6.00. The molecule has 0 bridgehead atoms. The summed E-state index contributed by atoms with van der Waals surface area (Å²) >= 11 is 0. The van der Waals surface area contributed by atoms with Crippen LogP contribution in [-0.2, 0) is 9.59 Å². The zero-order chi connectivity index (χ0) is 28.6. The van der Waals surface area contributed by atoms with E-state index in [9.17, 15) is 9.59 Å². The monoisotopic (exact) mass is 549 g/mol. The van der Waals surface area contributed by atoms with Crippen molar-refractivity contribution in [3.05, 3.63) is 59.3 Å². The van der Waals surface area contributed by atoms with Gasteiger partial charge in [-0.1, -0.05) is 23.3 Å². The van der Waals surface area contributed by atoms with Crippen LogP contribution >= 0.6 is 0 Å². The van der Waals surface area contributed by atoms with Gasteiger partial charge in [0.25, 0.3) is 11.8 Å². The van der Waals surface area contributed by atoms with E-state index in [1.165, 1.54) is 0 Å². The lowest BCUT2D eigenvalue weighted by Crippen LogP contribution is -2.34. The maximum absolute atomic E-state index is 13.8. The number of rotatable bonds is 12. The highest BCUT2D eigenvalue weighted by molar-refractivity contribution is 6.06. The Morgan fingerprint density at radius 3 is 2.42 bits per heavy atom. The van der Waals surface area contributed by atoms with Gasteiger partial charge in [0.1, 0.15) is 11.8 Å². The first-order chi connectivity index (χ1) is 19.4. The summed E-state index contributed by atoms with van der Waals surface area (Å²) in [6, 6.07) is 11.9. The van der Waals surface area contributed by atoms with Crippen molar-refractivity contribution in [3.63, 3.8) is 0 Å². The van der Waals surface area contributed by atoms with Crippen molar-refractivity contribution in [2.24, 2.45) is 0 Å². The second kappa shape index (κ2) is 13.0. The predicted octanol–water partition coefficient (Wildman–Crippen LogP) is 3.65. The summed E-state index contributed by atoms with van der Waals surface area (Å²) in [5.74, 6) is 1.38. The zero-order valence-corrected chi connectivity index (χ0v) is 23.4. The van der Waals surface area contributed by atoms with Gasteiger partial charge in [-0.05, 0) is 74.9 Å². The number of nitrogens with one attached hydrogen (secondary N) is 2. The SMILES string of the molecule is CCOc1ccccc1NC(=O)C1=C(C)Nc2nnnn2C1c1ccc(OCC(=O)N(CC)CC)c(OCC)c1. The van der Waals surface area contributed by atoms with Gasteiger partial charge in [-0.3, -0.25) is 9.59 Å². The number of carbonyl (C=O) groups is 2. The van der Waals surface area contributed by atoms with Crippen molar-refractivity contribution in [1.29, 1.82) is 0 Å². The third-order valence-electron chi connectivity index (χ3n) is 6.44. The number of para-hydroxylation sites is 2. The van der Waals surface area contributed by atoms with E-state index < -0.39 is 6.04 Å². The minimum absolute atomic E-state index is 0.113. The number of aromatic nitrogens is 4. The molecule has 0 aliphatic carbocycles. The fourth-order valence-electron chi connectivity index (χ4n) is 4.54. The minimum atomic E-state index is -0.670. The molecule has 212 valence electrons. The zero-order valence-electron chi connectivity index (χ0n) is 23.4. The van der Waals surface area contributed by atoms with Gasteiger partial charge in [0.15, 0.2) is 18.1 Å². The van der Waals surface area contributed by atoms with E-state index in [1.807, 2.05) is 45.9 Å². The molecule has 1 aliphatic heterocycles. The molecule has 3 aromatic rings. The van der Waals surface area contributed by atoms with E-state index >= 15 is 0 Å². The van der Waals surface area contributed by atoms with Crippen molar-refractivity contribution in [2.75, 3.05) is 43.5 Å². The smallest absolute Gasteiger partial charge is 0.260 e. The molecule has 0 saturated heterocycles. The number of hydrogen-bond acceptors (Lipinski definition) is 9. The van der Waals surface area contributed by atoms with Gasteiger partial charge in [0, 0.05) is 18.8 Å². The number of tetrazole rings is 1. The van der Waals surface area contributed by atoms with Crippen LogP contribution in [0.25, 0.3) is 0 Å². The van der Waals surface area contributed by atoms with Gasteiger partial charge in [0.2, 0.25) is 5.95 Å².